The average Bonchev–Trinajstić information content (AvgIpc) is 3.21. The van der Waals surface area contributed by atoms with E-state index in [9.17, 15) is 4.79 Å². The summed E-state index contributed by atoms with van der Waals surface area (Å²) in [6.45, 7) is 2.82. The van der Waals surface area contributed by atoms with Gasteiger partial charge in [0.2, 0.25) is 0 Å². The Labute approximate surface area is 139 Å². The van der Waals surface area contributed by atoms with Crippen LogP contribution >= 0.6 is 0 Å². The highest BCUT2D eigenvalue weighted by Crippen LogP contribution is 2.28. The Morgan fingerprint density at radius 2 is 2.00 bits per heavy atom. The van der Waals surface area contributed by atoms with Gasteiger partial charge in [-0.3, -0.25) is 4.90 Å². The van der Waals surface area contributed by atoms with Crippen LogP contribution in [-0.2, 0) is 6.54 Å². The maximum absolute atomic E-state index is 10.9. The van der Waals surface area contributed by atoms with Crippen LogP contribution in [0.3, 0.4) is 0 Å². The van der Waals surface area contributed by atoms with E-state index < -0.39 is 5.97 Å². The minimum Gasteiger partial charge on any atom is -0.478 e. The zero-order chi connectivity index (χ0) is 16.5. The molecule has 1 aliphatic heterocycles. The molecule has 1 fully saturated rings. The smallest absolute Gasteiger partial charge is 0.335 e. The third-order valence-corrected chi connectivity index (χ3v) is 4.71. The highest BCUT2D eigenvalue weighted by molar-refractivity contribution is 5.87. The minimum absolute atomic E-state index is 0.343. The average molecular weight is 321 g/mol. The number of H-pyrrole nitrogens is 1. The molecule has 0 bridgehead atoms. The van der Waals surface area contributed by atoms with E-state index in [0.717, 1.165) is 42.9 Å². The highest BCUT2D eigenvalue weighted by Gasteiger charge is 2.24. The van der Waals surface area contributed by atoms with Crippen molar-refractivity contribution in [2.75, 3.05) is 13.1 Å². The number of carboxylic acids is 1. The molecule has 24 heavy (non-hydrogen) atoms. The van der Waals surface area contributed by atoms with Crippen molar-refractivity contribution in [3.8, 4) is 0 Å². The number of benzene rings is 2. The second-order valence-corrected chi connectivity index (χ2v) is 6.35. The summed E-state index contributed by atoms with van der Waals surface area (Å²) in [7, 11) is 0. The number of rotatable bonds is 4. The van der Waals surface area contributed by atoms with Gasteiger partial charge in [0.15, 0.2) is 0 Å². The predicted octanol–water partition coefficient (Wildman–Crippen LogP) is 3.25. The number of carbonyl (C=O) groups is 1. The van der Waals surface area contributed by atoms with Gasteiger partial charge in [0.25, 0.3) is 0 Å². The van der Waals surface area contributed by atoms with Gasteiger partial charge in [0.1, 0.15) is 5.82 Å². The van der Waals surface area contributed by atoms with Gasteiger partial charge in [0.05, 0.1) is 23.1 Å². The molecule has 4 rings (SSSR count). The molecular weight excluding hydrogens is 302 g/mol. The molecule has 1 unspecified atom stereocenters. The number of hydrogen-bond acceptors (Lipinski definition) is 3. The Morgan fingerprint density at radius 3 is 2.75 bits per heavy atom. The number of para-hydroxylation sites is 2. The molecule has 0 spiro atoms. The van der Waals surface area contributed by atoms with Crippen molar-refractivity contribution in [2.45, 2.75) is 18.9 Å². The Balaban J connectivity index is 1.43. The second kappa shape index (κ2) is 6.09. The monoisotopic (exact) mass is 321 g/mol. The predicted molar refractivity (Wildman–Crippen MR) is 92.1 cm³/mol. The van der Waals surface area contributed by atoms with Gasteiger partial charge in [-0.05, 0) is 48.7 Å². The van der Waals surface area contributed by atoms with E-state index in [4.69, 9.17) is 5.11 Å². The topological polar surface area (TPSA) is 69.2 Å². The molecule has 1 aromatic heterocycles. The van der Waals surface area contributed by atoms with Crippen molar-refractivity contribution >= 4 is 17.0 Å². The molecule has 2 aromatic carbocycles. The van der Waals surface area contributed by atoms with E-state index in [1.165, 1.54) is 5.56 Å². The molecule has 1 aliphatic rings. The van der Waals surface area contributed by atoms with Crippen molar-refractivity contribution in [3.63, 3.8) is 0 Å². The number of fused-ring (bicyclic) bond motifs is 1. The molecule has 1 saturated heterocycles. The van der Waals surface area contributed by atoms with Gasteiger partial charge in [-0.2, -0.15) is 0 Å². The number of hydrogen-bond donors (Lipinski definition) is 2. The number of imidazole rings is 1. The third-order valence-electron chi connectivity index (χ3n) is 4.71. The number of nitrogens with one attached hydrogen (secondary N) is 1. The first-order chi connectivity index (χ1) is 11.7. The van der Waals surface area contributed by atoms with Crippen LogP contribution < -0.4 is 0 Å². The molecule has 3 aromatic rings. The molecule has 0 saturated carbocycles. The summed E-state index contributed by atoms with van der Waals surface area (Å²) in [6.07, 6.45) is 1.09. The van der Waals surface area contributed by atoms with Crippen LogP contribution in [0.4, 0.5) is 0 Å². The van der Waals surface area contributed by atoms with Gasteiger partial charge in [-0.15, -0.1) is 0 Å². The van der Waals surface area contributed by atoms with Crippen molar-refractivity contribution in [3.05, 3.63) is 65.5 Å². The molecule has 122 valence electrons. The molecule has 5 heteroatoms. The lowest BCUT2D eigenvalue weighted by molar-refractivity contribution is 0.0697. The largest absolute Gasteiger partial charge is 0.478 e. The summed E-state index contributed by atoms with van der Waals surface area (Å²) in [5.41, 5.74) is 3.64. The first kappa shape index (κ1) is 14.9. The van der Waals surface area contributed by atoms with Crippen LogP contribution in [0.15, 0.2) is 48.5 Å². The van der Waals surface area contributed by atoms with Crippen LogP contribution in [-0.4, -0.2) is 39.0 Å². The molecule has 0 aliphatic carbocycles. The first-order valence-electron chi connectivity index (χ1n) is 8.18. The summed E-state index contributed by atoms with van der Waals surface area (Å²) in [4.78, 5) is 21.4. The number of aromatic amines is 1. The summed E-state index contributed by atoms with van der Waals surface area (Å²) in [5, 5.41) is 8.99. The molecule has 1 atom stereocenters. The van der Waals surface area contributed by atoms with Crippen molar-refractivity contribution in [1.82, 2.24) is 14.9 Å². The molecule has 5 nitrogen and oxygen atoms in total. The van der Waals surface area contributed by atoms with Gasteiger partial charge in [0, 0.05) is 6.54 Å². The highest BCUT2D eigenvalue weighted by atomic mass is 16.4. The number of carboxylic acid groups (broad SMARTS) is 1. The molecular formula is C19H19N3O2. The fraction of sp³-hybridized carbons (Fsp3) is 0.263. The maximum atomic E-state index is 10.9. The van der Waals surface area contributed by atoms with E-state index in [1.54, 1.807) is 12.1 Å². The van der Waals surface area contributed by atoms with E-state index in [2.05, 4.69) is 14.9 Å². The van der Waals surface area contributed by atoms with Gasteiger partial charge in [-0.25, -0.2) is 9.78 Å². The Morgan fingerprint density at radius 1 is 1.21 bits per heavy atom. The Bertz CT molecular complexity index is 837. The van der Waals surface area contributed by atoms with Gasteiger partial charge < -0.3 is 10.1 Å². The maximum Gasteiger partial charge on any atom is 0.335 e. The summed E-state index contributed by atoms with van der Waals surface area (Å²) in [5.74, 6) is 0.579. The van der Waals surface area contributed by atoms with Gasteiger partial charge in [-0.1, -0.05) is 24.3 Å². The first-order valence-corrected chi connectivity index (χ1v) is 8.18. The normalized spacial score (nSPS) is 18.2. The lowest BCUT2D eigenvalue weighted by Gasteiger charge is -2.14. The van der Waals surface area contributed by atoms with Crippen LogP contribution in [0.1, 0.15) is 34.1 Å². The van der Waals surface area contributed by atoms with E-state index in [-0.39, 0.29) is 0 Å². The number of likely N-dealkylation sites (tertiary alicyclic amines) is 1. The van der Waals surface area contributed by atoms with Crippen LogP contribution in [0.5, 0.6) is 0 Å². The number of nitrogens with zero attached hydrogens (tertiary/aromatic N) is 2. The zero-order valence-electron chi connectivity index (χ0n) is 13.3. The van der Waals surface area contributed by atoms with Crippen LogP contribution in [0.25, 0.3) is 11.0 Å². The van der Waals surface area contributed by atoms with E-state index in [0.29, 0.717) is 11.5 Å². The summed E-state index contributed by atoms with van der Waals surface area (Å²) < 4.78 is 0. The second-order valence-electron chi connectivity index (χ2n) is 6.35. The number of aromatic carboxylic acids is 1. The van der Waals surface area contributed by atoms with Crippen molar-refractivity contribution < 1.29 is 9.90 Å². The van der Waals surface area contributed by atoms with Crippen LogP contribution in [0, 0.1) is 0 Å². The fourth-order valence-corrected chi connectivity index (χ4v) is 3.44. The lowest BCUT2D eigenvalue weighted by atomic mass is 9.97. The van der Waals surface area contributed by atoms with E-state index in [1.807, 2.05) is 36.4 Å². The molecule has 0 radical (unpaired) electrons. The SMILES string of the molecule is O=C(O)c1ccc(C2CCN(Cc3nc4ccccc4[nH]3)C2)cc1. The van der Waals surface area contributed by atoms with Crippen LogP contribution in [0.2, 0.25) is 0 Å². The molecule has 2 N–H and O–H groups in total. The van der Waals surface area contributed by atoms with Crippen molar-refractivity contribution in [2.24, 2.45) is 0 Å². The quantitative estimate of drug-likeness (QED) is 0.774. The molecule has 2 heterocycles. The summed E-state index contributed by atoms with van der Waals surface area (Å²) in [6, 6.07) is 15.3. The Hall–Kier alpha value is -2.66. The zero-order valence-corrected chi connectivity index (χ0v) is 13.3. The van der Waals surface area contributed by atoms with Crippen molar-refractivity contribution in [1.29, 1.82) is 0 Å². The third kappa shape index (κ3) is 2.90. The minimum atomic E-state index is -0.875. The lowest BCUT2D eigenvalue weighted by Crippen LogP contribution is -2.20. The Kier molecular flexibility index (Phi) is 3.78. The van der Waals surface area contributed by atoms with Gasteiger partial charge >= 0.3 is 5.97 Å². The molecule has 0 amide bonds. The number of aromatic nitrogens is 2. The standard InChI is InChI=1S/C19H19N3O2/c23-19(24)14-7-5-13(6-8-14)15-9-10-22(11-15)12-18-20-16-3-1-2-4-17(16)21-18/h1-8,15H,9-12H2,(H,20,21)(H,23,24). The fourth-order valence-electron chi connectivity index (χ4n) is 3.44. The summed E-state index contributed by atoms with van der Waals surface area (Å²) >= 11 is 0. The van der Waals surface area contributed by atoms with E-state index >= 15 is 0 Å².